The molecule has 0 heterocycles. The van der Waals surface area contributed by atoms with Gasteiger partial charge in [-0.05, 0) is 18.2 Å². The summed E-state index contributed by atoms with van der Waals surface area (Å²) in [6.45, 7) is -1.40. The summed E-state index contributed by atoms with van der Waals surface area (Å²) in [6, 6.07) is 4.01. The second kappa shape index (κ2) is 4.94. The molecule has 1 aromatic carbocycles. The quantitative estimate of drug-likeness (QED) is 0.631. The Bertz CT molecular complexity index is 419. The van der Waals surface area contributed by atoms with Crippen LogP contribution in [0.4, 0.5) is 13.2 Å². The van der Waals surface area contributed by atoms with Crippen LogP contribution in [0.5, 0.6) is 11.5 Å². The van der Waals surface area contributed by atoms with Crippen molar-refractivity contribution in [1.82, 2.24) is 0 Å². The first-order valence-electron chi connectivity index (χ1n) is 4.55. The number of benzene rings is 1. The van der Waals surface area contributed by atoms with Crippen molar-refractivity contribution in [2.45, 2.75) is 6.18 Å². The van der Waals surface area contributed by atoms with E-state index in [-0.39, 0.29) is 17.3 Å². The summed E-state index contributed by atoms with van der Waals surface area (Å²) in [4.78, 5) is 0. The molecule has 3 N–H and O–H groups in total. The lowest BCUT2D eigenvalue weighted by atomic mass is 10.2. The molecule has 0 aromatic heterocycles. The third-order valence-electron chi connectivity index (χ3n) is 1.87. The highest BCUT2D eigenvalue weighted by Crippen LogP contribution is 2.29. The van der Waals surface area contributed by atoms with Crippen molar-refractivity contribution in [1.29, 1.82) is 5.41 Å². The number of methoxy groups -OCH3 is 1. The molecular formula is C10H11F3N2O2. The van der Waals surface area contributed by atoms with Gasteiger partial charge in [0.05, 0.1) is 7.11 Å². The normalized spacial score (nSPS) is 11.1. The average Bonchev–Trinajstić information content (AvgIpc) is 2.24. The van der Waals surface area contributed by atoms with Crippen LogP contribution in [0.3, 0.4) is 0 Å². The molecule has 17 heavy (non-hydrogen) atoms. The molecule has 0 saturated carbocycles. The maximum Gasteiger partial charge on any atom is 0.422 e. The lowest BCUT2D eigenvalue weighted by Crippen LogP contribution is -2.19. The average molecular weight is 248 g/mol. The van der Waals surface area contributed by atoms with Crippen LogP contribution < -0.4 is 15.2 Å². The van der Waals surface area contributed by atoms with Crippen molar-refractivity contribution in [2.75, 3.05) is 13.7 Å². The topological polar surface area (TPSA) is 68.3 Å². The summed E-state index contributed by atoms with van der Waals surface area (Å²) < 4.78 is 45.3. The second-order valence-corrected chi connectivity index (χ2v) is 3.18. The van der Waals surface area contributed by atoms with Crippen LogP contribution in [-0.2, 0) is 0 Å². The number of halogens is 3. The third kappa shape index (κ3) is 3.86. The number of hydrogen-bond donors (Lipinski definition) is 2. The van der Waals surface area contributed by atoms with Crippen LogP contribution in [0.1, 0.15) is 5.56 Å². The molecule has 1 aromatic rings. The predicted octanol–water partition coefficient (Wildman–Crippen LogP) is 1.92. The fourth-order valence-electron chi connectivity index (χ4n) is 1.11. The molecule has 0 aliphatic heterocycles. The van der Waals surface area contributed by atoms with E-state index in [9.17, 15) is 13.2 Å². The summed E-state index contributed by atoms with van der Waals surface area (Å²) in [5.41, 5.74) is 5.59. The van der Waals surface area contributed by atoms with Crippen molar-refractivity contribution in [3.8, 4) is 11.5 Å². The lowest BCUT2D eigenvalue weighted by Gasteiger charge is -2.13. The molecule has 7 heteroatoms. The highest BCUT2D eigenvalue weighted by atomic mass is 19.4. The number of alkyl halides is 3. The molecule has 0 fully saturated rings. The second-order valence-electron chi connectivity index (χ2n) is 3.18. The fourth-order valence-corrected chi connectivity index (χ4v) is 1.11. The standard InChI is InChI=1S/C10H11F3N2O2/c1-16-8-4-6(9(14)15)2-3-7(8)17-5-10(11,12)13/h2-4H,5H2,1H3,(H3,14,15). The molecule has 4 nitrogen and oxygen atoms in total. The van der Waals surface area contributed by atoms with Gasteiger partial charge in [-0.25, -0.2) is 0 Å². The Hall–Kier alpha value is -1.92. The van der Waals surface area contributed by atoms with Crippen molar-refractivity contribution in [3.05, 3.63) is 23.8 Å². The van der Waals surface area contributed by atoms with E-state index in [1.165, 1.54) is 25.3 Å². The van der Waals surface area contributed by atoms with Gasteiger partial charge in [-0.15, -0.1) is 0 Å². The highest BCUT2D eigenvalue weighted by Gasteiger charge is 2.29. The maximum absolute atomic E-state index is 12.0. The van der Waals surface area contributed by atoms with Gasteiger partial charge < -0.3 is 15.2 Å². The molecular weight excluding hydrogens is 237 g/mol. The van der Waals surface area contributed by atoms with E-state index in [0.29, 0.717) is 5.56 Å². The molecule has 0 unspecified atom stereocenters. The smallest absolute Gasteiger partial charge is 0.422 e. The van der Waals surface area contributed by atoms with E-state index >= 15 is 0 Å². The summed E-state index contributed by atoms with van der Waals surface area (Å²) >= 11 is 0. The molecule has 0 bridgehead atoms. The predicted molar refractivity (Wildman–Crippen MR) is 55.6 cm³/mol. The highest BCUT2D eigenvalue weighted by molar-refractivity contribution is 5.95. The molecule has 94 valence electrons. The van der Waals surface area contributed by atoms with E-state index < -0.39 is 12.8 Å². The third-order valence-corrected chi connectivity index (χ3v) is 1.87. The molecule has 0 aliphatic carbocycles. The zero-order valence-electron chi connectivity index (χ0n) is 8.97. The first-order valence-corrected chi connectivity index (χ1v) is 4.55. The summed E-state index contributed by atoms with van der Waals surface area (Å²) in [5, 5.41) is 7.18. The van der Waals surface area contributed by atoms with Crippen molar-refractivity contribution < 1.29 is 22.6 Å². The number of ether oxygens (including phenoxy) is 2. The van der Waals surface area contributed by atoms with E-state index in [1.807, 2.05) is 0 Å². The van der Waals surface area contributed by atoms with Gasteiger partial charge in [0.1, 0.15) is 5.84 Å². The van der Waals surface area contributed by atoms with Crippen LogP contribution in [0, 0.1) is 5.41 Å². The summed E-state index contributed by atoms with van der Waals surface area (Å²) in [6.07, 6.45) is -4.41. The Kier molecular flexibility index (Phi) is 3.82. The number of nitrogen functional groups attached to an aromatic ring is 1. The molecule has 0 atom stereocenters. The molecule has 0 saturated heterocycles. The zero-order valence-corrected chi connectivity index (χ0v) is 8.97. The Morgan fingerprint density at radius 3 is 2.47 bits per heavy atom. The van der Waals surface area contributed by atoms with Gasteiger partial charge in [-0.1, -0.05) is 0 Å². The van der Waals surface area contributed by atoms with Crippen molar-refractivity contribution in [2.24, 2.45) is 5.73 Å². The minimum absolute atomic E-state index is 0.0465. The Labute approximate surface area is 95.6 Å². The fraction of sp³-hybridized carbons (Fsp3) is 0.300. The Balaban J connectivity index is 2.89. The SMILES string of the molecule is COc1cc(C(=N)N)ccc1OCC(F)(F)F. The molecule has 0 radical (unpaired) electrons. The first-order chi connectivity index (χ1) is 7.83. The summed E-state index contributed by atoms with van der Waals surface area (Å²) in [7, 11) is 1.29. The number of nitrogens with two attached hydrogens (primary N) is 1. The first kappa shape index (κ1) is 13.1. The Morgan fingerprint density at radius 2 is 2.00 bits per heavy atom. The minimum Gasteiger partial charge on any atom is -0.493 e. The van der Waals surface area contributed by atoms with E-state index in [4.69, 9.17) is 15.9 Å². The summed E-state index contributed by atoms with van der Waals surface area (Å²) in [5.74, 6) is -0.151. The van der Waals surface area contributed by atoms with Gasteiger partial charge >= 0.3 is 6.18 Å². The van der Waals surface area contributed by atoms with Gasteiger partial charge in [-0.2, -0.15) is 13.2 Å². The van der Waals surface area contributed by atoms with Crippen LogP contribution in [0.2, 0.25) is 0 Å². The number of nitrogens with one attached hydrogen (secondary N) is 1. The number of rotatable bonds is 4. The zero-order chi connectivity index (χ0) is 13.1. The van der Waals surface area contributed by atoms with Gasteiger partial charge in [-0.3, -0.25) is 5.41 Å². The van der Waals surface area contributed by atoms with Crippen molar-refractivity contribution in [3.63, 3.8) is 0 Å². The molecule has 0 spiro atoms. The molecule has 1 rings (SSSR count). The van der Waals surface area contributed by atoms with E-state index in [1.54, 1.807) is 0 Å². The monoisotopic (exact) mass is 248 g/mol. The van der Waals surface area contributed by atoms with Gasteiger partial charge in [0.25, 0.3) is 0 Å². The lowest BCUT2D eigenvalue weighted by molar-refractivity contribution is -0.153. The van der Waals surface area contributed by atoms with Crippen LogP contribution in [-0.4, -0.2) is 25.7 Å². The largest absolute Gasteiger partial charge is 0.493 e. The Morgan fingerprint density at radius 1 is 1.35 bits per heavy atom. The van der Waals surface area contributed by atoms with E-state index in [2.05, 4.69) is 4.74 Å². The van der Waals surface area contributed by atoms with Crippen LogP contribution in [0.15, 0.2) is 18.2 Å². The van der Waals surface area contributed by atoms with Gasteiger partial charge in [0.2, 0.25) is 0 Å². The van der Waals surface area contributed by atoms with Crippen LogP contribution in [0.25, 0.3) is 0 Å². The van der Waals surface area contributed by atoms with Gasteiger partial charge in [0.15, 0.2) is 18.1 Å². The van der Waals surface area contributed by atoms with E-state index in [0.717, 1.165) is 0 Å². The number of hydrogen-bond acceptors (Lipinski definition) is 3. The molecule has 0 amide bonds. The minimum atomic E-state index is -4.41. The maximum atomic E-state index is 12.0. The van der Waals surface area contributed by atoms with Crippen LogP contribution >= 0.6 is 0 Å². The van der Waals surface area contributed by atoms with Gasteiger partial charge in [0, 0.05) is 5.56 Å². The molecule has 0 aliphatic rings. The van der Waals surface area contributed by atoms with Crippen molar-refractivity contribution >= 4 is 5.84 Å². The number of amidine groups is 1.